The molecule has 1 heterocycles. The van der Waals surface area contributed by atoms with Crippen LogP contribution in [-0.4, -0.2) is 10.9 Å². The summed E-state index contributed by atoms with van der Waals surface area (Å²) in [6.07, 6.45) is 1.71. The van der Waals surface area contributed by atoms with Crippen molar-refractivity contribution in [2.45, 2.75) is 20.4 Å². The van der Waals surface area contributed by atoms with E-state index in [-0.39, 0.29) is 6.54 Å². The first-order chi connectivity index (χ1) is 11.6. The molecule has 0 aliphatic heterocycles. The zero-order valence-electron chi connectivity index (χ0n) is 13.8. The summed E-state index contributed by atoms with van der Waals surface area (Å²) in [4.78, 5) is 8.51. The maximum atomic E-state index is 5.90. The Labute approximate surface area is 141 Å². The highest BCUT2D eigenvalue weighted by Crippen LogP contribution is 2.21. The third-order valence-electron chi connectivity index (χ3n) is 3.60. The number of aryl methyl sites for hydroxylation is 2. The Kier molecular flexibility index (Phi) is 4.61. The molecule has 3 rings (SSSR count). The average Bonchev–Trinajstić information content (AvgIpc) is 3.05. The van der Waals surface area contributed by atoms with Gasteiger partial charge in [-0.3, -0.25) is 0 Å². The van der Waals surface area contributed by atoms with Crippen molar-refractivity contribution in [3.05, 3.63) is 71.7 Å². The van der Waals surface area contributed by atoms with Crippen LogP contribution in [0.25, 0.3) is 11.3 Å². The van der Waals surface area contributed by atoms with Crippen LogP contribution in [0.3, 0.4) is 0 Å². The van der Waals surface area contributed by atoms with Crippen LogP contribution in [0.4, 0.5) is 5.69 Å². The minimum atomic E-state index is 0.288. The molecule has 0 saturated heterocycles. The van der Waals surface area contributed by atoms with E-state index in [0.29, 0.717) is 11.9 Å². The number of nitrogens with two attached hydrogens (primary N) is 1. The smallest absolute Gasteiger partial charge is 0.216 e. The van der Waals surface area contributed by atoms with Gasteiger partial charge in [0.2, 0.25) is 5.89 Å². The summed E-state index contributed by atoms with van der Waals surface area (Å²) >= 11 is 0. The van der Waals surface area contributed by atoms with Gasteiger partial charge in [0.05, 0.1) is 6.20 Å². The fourth-order valence-corrected chi connectivity index (χ4v) is 2.21. The normalized spacial score (nSPS) is 11.5. The maximum absolute atomic E-state index is 5.90. The number of aromatic nitrogens is 1. The van der Waals surface area contributed by atoms with Crippen molar-refractivity contribution in [3.8, 4) is 11.3 Å². The van der Waals surface area contributed by atoms with Crippen molar-refractivity contribution in [2.24, 2.45) is 10.7 Å². The summed E-state index contributed by atoms with van der Waals surface area (Å²) in [6.45, 7) is 4.38. The van der Waals surface area contributed by atoms with Gasteiger partial charge in [0.15, 0.2) is 11.7 Å². The maximum Gasteiger partial charge on any atom is 0.216 e. The van der Waals surface area contributed by atoms with Crippen molar-refractivity contribution < 1.29 is 4.42 Å². The van der Waals surface area contributed by atoms with E-state index in [2.05, 4.69) is 15.3 Å². The lowest BCUT2D eigenvalue weighted by Gasteiger charge is -2.05. The molecule has 3 N–H and O–H groups in total. The lowest BCUT2D eigenvalue weighted by molar-refractivity contribution is 0.510. The second kappa shape index (κ2) is 7.00. The van der Waals surface area contributed by atoms with Crippen molar-refractivity contribution in [2.75, 3.05) is 5.32 Å². The second-order valence-corrected chi connectivity index (χ2v) is 5.68. The van der Waals surface area contributed by atoms with Crippen molar-refractivity contribution in [1.29, 1.82) is 0 Å². The molecule has 5 nitrogen and oxygen atoms in total. The van der Waals surface area contributed by atoms with Crippen LogP contribution >= 0.6 is 0 Å². The van der Waals surface area contributed by atoms with Gasteiger partial charge in [0.25, 0.3) is 0 Å². The second-order valence-electron chi connectivity index (χ2n) is 5.68. The molecule has 0 amide bonds. The molecule has 0 saturated carbocycles. The van der Waals surface area contributed by atoms with Gasteiger partial charge in [0, 0.05) is 11.3 Å². The Hall–Kier alpha value is -3.08. The quantitative estimate of drug-likeness (QED) is 0.565. The van der Waals surface area contributed by atoms with Gasteiger partial charge in [-0.05, 0) is 26.0 Å². The molecule has 0 spiro atoms. The number of nitrogens with zero attached hydrogens (tertiary/aromatic N) is 2. The monoisotopic (exact) mass is 320 g/mol. The molecule has 3 aromatic rings. The molecule has 0 radical (unpaired) electrons. The van der Waals surface area contributed by atoms with Gasteiger partial charge in [-0.2, -0.15) is 0 Å². The number of guanidine groups is 1. The van der Waals surface area contributed by atoms with Crippen LogP contribution in [0.2, 0.25) is 0 Å². The Bertz CT molecular complexity index is 833. The summed E-state index contributed by atoms with van der Waals surface area (Å²) in [5, 5.41) is 3.04. The molecule has 0 aliphatic carbocycles. The summed E-state index contributed by atoms with van der Waals surface area (Å²) < 4.78 is 5.72. The van der Waals surface area contributed by atoms with Gasteiger partial charge >= 0.3 is 0 Å². The number of rotatable bonds is 4. The van der Waals surface area contributed by atoms with E-state index in [0.717, 1.165) is 17.0 Å². The largest absolute Gasteiger partial charge is 0.439 e. The number of oxazole rings is 1. The van der Waals surface area contributed by atoms with E-state index >= 15 is 0 Å². The lowest BCUT2D eigenvalue weighted by atomic mass is 10.1. The number of hydrogen-bond donors (Lipinski definition) is 2. The molecule has 0 bridgehead atoms. The first kappa shape index (κ1) is 15.8. The fourth-order valence-electron chi connectivity index (χ4n) is 2.21. The molecule has 5 heteroatoms. The Morgan fingerprint density at radius 2 is 1.67 bits per heavy atom. The minimum Gasteiger partial charge on any atom is -0.439 e. The highest BCUT2D eigenvalue weighted by molar-refractivity contribution is 5.92. The fraction of sp³-hybridized carbons (Fsp3) is 0.158. The van der Waals surface area contributed by atoms with E-state index in [9.17, 15) is 0 Å². The SMILES string of the molecule is Cc1ccc(NC(N)=NCc2ncc(-c3ccc(C)cc3)o2)cc1. The topological polar surface area (TPSA) is 76.4 Å². The molecular weight excluding hydrogens is 300 g/mol. The summed E-state index contributed by atoms with van der Waals surface area (Å²) in [5.41, 5.74) is 10.2. The number of nitrogens with one attached hydrogen (secondary N) is 1. The van der Waals surface area contributed by atoms with E-state index in [4.69, 9.17) is 10.2 Å². The van der Waals surface area contributed by atoms with Crippen molar-refractivity contribution >= 4 is 11.6 Å². The predicted octanol–water partition coefficient (Wildman–Crippen LogP) is 3.89. The number of anilines is 1. The van der Waals surface area contributed by atoms with Gasteiger partial charge < -0.3 is 15.5 Å². The average molecular weight is 320 g/mol. The van der Waals surface area contributed by atoms with Crippen LogP contribution in [0.1, 0.15) is 17.0 Å². The molecule has 0 fully saturated rings. The highest BCUT2D eigenvalue weighted by atomic mass is 16.4. The van der Waals surface area contributed by atoms with E-state index in [1.165, 1.54) is 11.1 Å². The molecule has 1 aromatic heterocycles. The van der Waals surface area contributed by atoms with Crippen molar-refractivity contribution in [1.82, 2.24) is 4.98 Å². The Morgan fingerprint density at radius 3 is 2.33 bits per heavy atom. The lowest BCUT2D eigenvalue weighted by Crippen LogP contribution is -2.22. The third-order valence-corrected chi connectivity index (χ3v) is 3.60. The molecule has 2 aromatic carbocycles. The number of aliphatic imine (C=N–C) groups is 1. The first-order valence-corrected chi connectivity index (χ1v) is 7.75. The molecule has 0 atom stereocenters. The van der Waals surface area contributed by atoms with Crippen LogP contribution in [0.5, 0.6) is 0 Å². The Balaban J connectivity index is 1.63. The minimum absolute atomic E-state index is 0.288. The van der Waals surface area contributed by atoms with Gasteiger partial charge in [-0.15, -0.1) is 0 Å². The van der Waals surface area contributed by atoms with Crippen LogP contribution in [0, 0.1) is 13.8 Å². The summed E-state index contributed by atoms with van der Waals surface area (Å²) in [6, 6.07) is 16.0. The van der Waals surface area contributed by atoms with Crippen molar-refractivity contribution in [3.63, 3.8) is 0 Å². The number of benzene rings is 2. The molecule has 0 aliphatic rings. The van der Waals surface area contributed by atoms with Gasteiger partial charge in [0.1, 0.15) is 6.54 Å². The van der Waals surface area contributed by atoms with Gasteiger partial charge in [-0.1, -0.05) is 47.5 Å². The van der Waals surface area contributed by atoms with Crippen LogP contribution in [-0.2, 0) is 6.54 Å². The van der Waals surface area contributed by atoms with Gasteiger partial charge in [-0.25, -0.2) is 9.98 Å². The molecule has 0 unspecified atom stereocenters. The van der Waals surface area contributed by atoms with E-state index in [1.807, 2.05) is 62.4 Å². The Morgan fingerprint density at radius 1 is 1.04 bits per heavy atom. The first-order valence-electron chi connectivity index (χ1n) is 7.75. The number of hydrogen-bond acceptors (Lipinski definition) is 3. The third kappa shape index (κ3) is 4.01. The zero-order valence-corrected chi connectivity index (χ0v) is 13.8. The van der Waals surface area contributed by atoms with Crippen LogP contribution in [0.15, 0.2) is 64.1 Å². The molecule has 24 heavy (non-hydrogen) atoms. The van der Waals surface area contributed by atoms with E-state index in [1.54, 1.807) is 6.20 Å². The summed E-state index contributed by atoms with van der Waals surface area (Å²) in [5.74, 6) is 1.58. The summed E-state index contributed by atoms with van der Waals surface area (Å²) in [7, 11) is 0. The van der Waals surface area contributed by atoms with E-state index < -0.39 is 0 Å². The highest BCUT2D eigenvalue weighted by Gasteiger charge is 2.06. The predicted molar refractivity (Wildman–Crippen MR) is 96.8 cm³/mol. The van der Waals surface area contributed by atoms with Crippen LogP contribution < -0.4 is 11.1 Å². The molecular formula is C19H20N4O. The zero-order chi connectivity index (χ0) is 16.9. The standard InChI is InChI=1S/C19H20N4O/c1-13-3-7-15(8-4-13)17-11-21-18(24-17)12-22-19(20)23-16-9-5-14(2)6-10-16/h3-11H,12H2,1-2H3,(H3,20,22,23). The molecule has 122 valence electrons.